The number of aromatic nitrogens is 1. The van der Waals surface area contributed by atoms with Gasteiger partial charge in [-0.05, 0) is 24.3 Å². The van der Waals surface area contributed by atoms with E-state index in [0.29, 0.717) is 56.5 Å². The molecular formula is C25H21N5O7S. The summed E-state index contributed by atoms with van der Waals surface area (Å²) >= 11 is 1.31. The number of carboxylic acids is 1. The van der Waals surface area contributed by atoms with Gasteiger partial charge in [0.05, 0.1) is 42.8 Å². The van der Waals surface area contributed by atoms with Crippen LogP contribution in [0, 0.1) is 0 Å². The molecule has 1 aromatic heterocycles. The third-order valence-corrected chi connectivity index (χ3v) is 6.98. The van der Waals surface area contributed by atoms with E-state index in [-0.39, 0.29) is 5.56 Å². The second kappa shape index (κ2) is 9.28. The number of anilines is 2. The fourth-order valence-electron chi connectivity index (χ4n) is 4.11. The van der Waals surface area contributed by atoms with Crippen LogP contribution in [0.5, 0.6) is 23.0 Å². The fraction of sp³-hybridized carbons (Fsp3) is 0.160. The van der Waals surface area contributed by atoms with E-state index in [1.54, 1.807) is 34.5 Å². The first-order chi connectivity index (χ1) is 18.5. The number of methoxy groups -OCH3 is 3. The van der Waals surface area contributed by atoms with Gasteiger partial charge in [0, 0.05) is 23.3 Å². The molecule has 0 unspecified atom stereocenters. The summed E-state index contributed by atoms with van der Waals surface area (Å²) in [6, 6.07) is 14.0. The number of hydrogen-bond donors (Lipinski definition) is 2. The number of thiazole rings is 1. The second-order valence-corrected chi connectivity index (χ2v) is 9.21. The standard InChI is InChI=1S/C25H21N5O7S/c1-33-19-10-16(11-20(34-2)22(19)35-3)29-27-23(13-4-5-15-12-36-37-18(15)8-13)28-30(29)25-26-17-7-6-14(24(31)32)9-21(17)38-25/h4-11H,12H2,1-3H3,(H,27,28)(H,31,32). The van der Waals surface area contributed by atoms with Crippen molar-refractivity contribution < 1.29 is 33.9 Å². The summed E-state index contributed by atoms with van der Waals surface area (Å²) in [6.07, 6.45) is 0. The molecule has 38 heavy (non-hydrogen) atoms. The molecule has 13 heteroatoms. The third kappa shape index (κ3) is 3.93. The van der Waals surface area contributed by atoms with Gasteiger partial charge in [0.15, 0.2) is 23.1 Å². The number of carbonyl (C=O) groups is 1. The average molecular weight is 536 g/mol. The van der Waals surface area contributed by atoms with Crippen LogP contribution in [0.1, 0.15) is 21.5 Å². The average Bonchev–Trinajstić information content (AvgIpc) is 3.68. The highest BCUT2D eigenvalue weighted by Crippen LogP contribution is 2.43. The molecule has 194 valence electrons. The lowest BCUT2D eigenvalue weighted by Gasteiger charge is -2.26. The molecule has 0 aliphatic carbocycles. The maximum absolute atomic E-state index is 11.5. The van der Waals surface area contributed by atoms with Crippen LogP contribution >= 0.6 is 11.3 Å². The molecule has 0 spiro atoms. The van der Waals surface area contributed by atoms with E-state index in [1.807, 2.05) is 18.2 Å². The summed E-state index contributed by atoms with van der Waals surface area (Å²) in [5.74, 6) is 1.47. The molecule has 0 radical (unpaired) electrons. The van der Waals surface area contributed by atoms with Crippen LogP contribution in [0.25, 0.3) is 10.2 Å². The number of ether oxygens (including phenoxy) is 3. The fourth-order valence-corrected chi connectivity index (χ4v) is 5.06. The van der Waals surface area contributed by atoms with Gasteiger partial charge in [-0.25, -0.2) is 9.78 Å². The summed E-state index contributed by atoms with van der Waals surface area (Å²) in [6.45, 7) is 0.378. The third-order valence-electron chi connectivity index (χ3n) is 5.99. The number of rotatable bonds is 7. The molecule has 0 amide bonds. The number of nitrogens with one attached hydrogen (secondary N) is 1. The minimum atomic E-state index is -1.01. The number of carboxylic acid groups (broad SMARTS) is 1. The van der Waals surface area contributed by atoms with Crippen molar-refractivity contribution in [1.29, 1.82) is 0 Å². The van der Waals surface area contributed by atoms with Crippen LogP contribution in [0.3, 0.4) is 0 Å². The Bertz CT molecular complexity index is 1580. The molecule has 12 nitrogen and oxygen atoms in total. The maximum Gasteiger partial charge on any atom is 0.335 e. The number of nitrogens with zero attached hydrogens (tertiary/aromatic N) is 4. The number of benzene rings is 3. The Kier molecular flexibility index (Phi) is 5.77. The summed E-state index contributed by atoms with van der Waals surface area (Å²) in [7, 11) is 4.61. The van der Waals surface area contributed by atoms with E-state index in [0.717, 1.165) is 11.1 Å². The van der Waals surface area contributed by atoms with Crippen LogP contribution in [0.15, 0.2) is 53.6 Å². The van der Waals surface area contributed by atoms with Crippen molar-refractivity contribution in [1.82, 2.24) is 10.4 Å². The number of hydrazine groups is 2. The molecule has 0 saturated heterocycles. The Morgan fingerprint density at radius 3 is 2.55 bits per heavy atom. The lowest BCUT2D eigenvalue weighted by atomic mass is 10.1. The van der Waals surface area contributed by atoms with Crippen LogP contribution in [0.2, 0.25) is 0 Å². The van der Waals surface area contributed by atoms with Gasteiger partial charge in [-0.1, -0.05) is 23.5 Å². The van der Waals surface area contributed by atoms with E-state index in [1.165, 1.54) is 38.7 Å². The molecule has 3 aromatic carbocycles. The van der Waals surface area contributed by atoms with E-state index in [9.17, 15) is 9.90 Å². The second-order valence-electron chi connectivity index (χ2n) is 8.20. The van der Waals surface area contributed by atoms with Gasteiger partial charge in [0.2, 0.25) is 10.9 Å². The molecule has 0 bridgehead atoms. The van der Waals surface area contributed by atoms with Crippen molar-refractivity contribution in [3.63, 3.8) is 0 Å². The Hall–Kier alpha value is -4.75. The van der Waals surface area contributed by atoms with Crippen LogP contribution in [-0.4, -0.2) is 43.2 Å². The first kappa shape index (κ1) is 23.6. The lowest BCUT2D eigenvalue weighted by molar-refractivity contribution is -0.194. The summed E-state index contributed by atoms with van der Waals surface area (Å²) in [4.78, 5) is 26.5. The Labute approximate surface area is 220 Å². The molecule has 2 aliphatic rings. The zero-order chi connectivity index (χ0) is 26.4. The van der Waals surface area contributed by atoms with E-state index in [2.05, 4.69) is 5.43 Å². The minimum absolute atomic E-state index is 0.181. The van der Waals surface area contributed by atoms with E-state index < -0.39 is 5.97 Å². The zero-order valence-electron chi connectivity index (χ0n) is 20.4. The molecule has 2 N–H and O–H groups in total. The summed E-state index contributed by atoms with van der Waals surface area (Å²) in [5, 5.41) is 18.0. The number of aromatic carboxylic acids is 1. The SMILES string of the molecule is COc1cc(N2N=C(c3ccc4c(c3)OOC4)NN2c2nc3ccc(C(=O)O)cc3s2)cc(OC)c1OC. The molecule has 3 heterocycles. The predicted octanol–water partition coefficient (Wildman–Crippen LogP) is 3.95. The maximum atomic E-state index is 11.5. The monoisotopic (exact) mass is 535 g/mol. The molecule has 6 rings (SSSR count). The number of amidine groups is 1. The van der Waals surface area contributed by atoms with Gasteiger partial charge in [0.1, 0.15) is 6.61 Å². The highest BCUT2D eigenvalue weighted by molar-refractivity contribution is 7.22. The summed E-state index contributed by atoms with van der Waals surface area (Å²) in [5.41, 5.74) is 6.41. The van der Waals surface area contributed by atoms with Crippen LogP contribution in [0.4, 0.5) is 10.8 Å². The highest BCUT2D eigenvalue weighted by atomic mass is 32.1. The quantitative estimate of drug-likeness (QED) is 0.334. The lowest BCUT2D eigenvalue weighted by Crippen LogP contribution is -2.44. The normalized spacial score (nSPS) is 14.1. The van der Waals surface area contributed by atoms with Crippen molar-refractivity contribution in [3.8, 4) is 23.0 Å². The predicted molar refractivity (Wildman–Crippen MR) is 139 cm³/mol. The number of hydrogen-bond acceptors (Lipinski definition) is 12. The van der Waals surface area contributed by atoms with Crippen molar-refractivity contribution in [2.24, 2.45) is 5.10 Å². The van der Waals surface area contributed by atoms with Crippen LogP contribution < -0.4 is 34.8 Å². The first-order valence-electron chi connectivity index (χ1n) is 11.3. The van der Waals surface area contributed by atoms with Gasteiger partial charge in [0.25, 0.3) is 0 Å². The Morgan fingerprint density at radius 2 is 1.84 bits per heavy atom. The van der Waals surface area contributed by atoms with Gasteiger partial charge in [-0.15, -0.1) is 15.3 Å². The molecule has 0 fully saturated rings. The molecule has 0 atom stereocenters. The Morgan fingerprint density at radius 1 is 1.05 bits per heavy atom. The van der Waals surface area contributed by atoms with E-state index >= 15 is 0 Å². The van der Waals surface area contributed by atoms with Crippen molar-refractivity contribution in [2.45, 2.75) is 6.61 Å². The van der Waals surface area contributed by atoms with Crippen molar-refractivity contribution in [2.75, 3.05) is 31.6 Å². The summed E-state index contributed by atoms with van der Waals surface area (Å²) < 4.78 is 17.3. The van der Waals surface area contributed by atoms with Gasteiger partial charge >= 0.3 is 5.97 Å². The first-order valence-corrected chi connectivity index (χ1v) is 12.1. The van der Waals surface area contributed by atoms with E-state index in [4.69, 9.17) is 34.1 Å². The van der Waals surface area contributed by atoms with Gasteiger partial charge < -0.3 is 24.2 Å². The smallest absolute Gasteiger partial charge is 0.335 e. The van der Waals surface area contributed by atoms with Gasteiger partial charge in [-0.2, -0.15) is 4.89 Å². The van der Waals surface area contributed by atoms with Gasteiger partial charge in [-0.3, -0.25) is 5.43 Å². The topological polar surface area (TPSA) is 127 Å². The minimum Gasteiger partial charge on any atom is -0.493 e. The number of fused-ring (bicyclic) bond motifs is 2. The van der Waals surface area contributed by atoms with Crippen molar-refractivity contribution in [3.05, 3.63) is 65.2 Å². The van der Waals surface area contributed by atoms with Crippen LogP contribution in [-0.2, 0) is 11.5 Å². The molecule has 4 aromatic rings. The van der Waals surface area contributed by atoms with Crippen molar-refractivity contribution >= 4 is 44.2 Å². The number of hydrazone groups is 1. The highest BCUT2D eigenvalue weighted by Gasteiger charge is 2.31. The zero-order valence-corrected chi connectivity index (χ0v) is 21.2. The Balaban J connectivity index is 1.47. The molecule has 0 saturated carbocycles. The largest absolute Gasteiger partial charge is 0.493 e. The molecule has 2 aliphatic heterocycles. The molecular weight excluding hydrogens is 514 g/mol.